The second-order valence-electron chi connectivity index (χ2n) is 9.56. The van der Waals surface area contributed by atoms with Crippen LogP contribution in [0.4, 0.5) is 5.69 Å². The Balaban J connectivity index is 1.66. The van der Waals surface area contributed by atoms with Gasteiger partial charge in [0, 0.05) is 53.8 Å². The van der Waals surface area contributed by atoms with Crippen LogP contribution in [0.1, 0.15) is 35.6 Å². The van der Waals surface area contributed by atoms with Crippen molar-refractivity contribution < 1.29 is 28.8 Å². The number of aliphatic hydroxyl groups excluding tert-OH is 1. The van der Waals surface area contributed by atoms with E-state index < -0.39 is 17.6 Å². The Morgan fingerprint density at radius 3 is 2.51 bits per heavy atom. The summed E-state index contributed by atoms with van der Waals surface area (Å²) in [6.45, 7) is 4.56. The van der Waals surface area contributed by atoms with Crippen molar-refractivity contribution in [1.82, 2.24) is 10.9 Å². The van der Waals surface area contributed by atoms with Crippen LogP contribution in [-0.4, -0.2) is 49.9 Å². The molecule has 4 rings (SSSR count). The van der Waals surface area contributed by atoms with E-state index in [0.29, 0.717) is 47.1 Å². The van der Waals surface area contributed by atoms with Gasteiger partial charge in [-0.25, -0.2) is 10.4 Å². The Labute approximate surface area is 249 Å². The molecule has 1 aliphatic heterocycles. The van der Waals surface area contributed by atoms with Gasteiger partial charge >= 0.3 is 0 Å². The molecule has 3 N–H and O–H groups in total. The molecule has 12 heteroatoms. The number of hydrogen-bond acceptors (Lipinski definition) is 9. The molecule has 224 valence electrons. The van der Waals surface area contributed by atoms with E-state index in [1.165, 1.54) is 0 Å². The first-order chi connectivity index (χ1) is 21.0. The van der Waals surface area contributed by atoms with Crippen LogP contribution in [0, 0.1) is 0 Å². The number of amides is 1. The van der Waals surface area contributed by atoms with Crippen molar-refractivity contribution in [3.8, 4) is 17.2 Å². The highest BCUT2D eigenvalue weighted by Gasteiger charge is 2.53. The third-order valence-electron chi connectivity index (χ3n) is 6.76. The minimum absolute atomic E-state index is 0.0392. The van der Waals surface area contributed by atoms with Gasteiger partial charge in [0.2, 0.25) is 5.90 Å². The fourth-order valence-corrected chi connectivity index (χ4v) is 4.66. The maximum atomic E-state index is 14.0. The minimum atomic E-state index is -1.49. The van der Waals surface area contributed by atoms with E-state index in [1.807, 2.05) is 12.1 Å². The molecule has 1 amide bonds. The molecule has 0 fully saturated rings. The third-order valence-corrected chi connectivity index (χ3v) is 6.76. The van der Waals surface area contributed by atoms with Gasteiger partial charge in [-0.2, -0.15) is 0 Å². The Hall–Kier alpha value is -5.03. The SMILES string of the molecule is C=CC[C@]1(C(=O)NNCc2cc(OC)cc(OC)c2)N=C(c2ccc(OCCCO)cc2)O[C@H]1c1ccccc1N=[N+]=[N-]. The van der Waals surface area contributed by atoms with Crippen LogP contribution in [0.2, 0.25) is 0 Å². The molecule has 12 nitrogen and oxygen atoms in total. The maximum absolute atomic E-state index is 14.0. The maximum Gasteiger partial charge on any atom is 0.266 e. The molecule has 1 heterocycles. The summed E-state index contributed by atoms with van der Waals surface area (Å²) in [5.41, 5.74) is 15.7. The van der Waals surface area contributed by atoms with E-state index in [-0.39, 0.29) is 25.5 Å². The molecular weight excluding hydrogens is 552 g/mol. The Morgan fingerprint density at radius 2 is 1.86 bits per heavy atom. The van der Waals surface area contributed by atoms with Crippen LogP contribution in [0.3, 0.4) is 0 Å². The predicted molar refractivity (Wildman–Crippen MR) is 161 cm³/mol. The lowest BCUT2D eigenvalue weighted by Crippen LogP contribution is -2.52. The van der Waals surface area contributed by atoms with Gasteiger partial charge < -0.3 is 24.1 Å². The number of methoxy groups -OCH3 is 2. The Bertz CT molecular complexity index is 1480. The van der Waals surface area contributed by atoms with Crippen LogP contribution >= 0.6 is 0 Å². The smallest absolute Gasteiger partial charge is 0.266 e. The summed E-state index contributed by atoms with van der Waals surface area (Å²) < 4.78 is 22.7. The van der Waals surface area contributed by atoms with Crippen LogP contribution in [0.25, 0.3) is 10.4 Å². The van der Waals surface area contributed by atoms with Gasteiger partial charge in [0.1, 0.15) is 17.2 Å². The highest BCUT2D eigenvalue weighted by Crippen LogP contribution is 2.45. The first-order valence-electron chi connectivity index (χ1n) is 13.6. The molecular formula is C31H34N6O6. The summed E-state index contributed by atoms with van der Waals surface area (Å²) in [5.74, 6) is 1.61. The quantitative estimate of drug-likeness (QED) is 0.0560. The molecule has 0 spiro atoms. The van der Waals surface area contributed by atoms with Gasteiger partial charge in [-0.15, -0.1) is 6.58 Å². The number of ether oxygens (including phenoxy) is 4. The van der Waals surface area contributed by atoms with E-state index in [0.717, 1.165) is 5.56 Å². The zero-order chi connectivity index (χ0) is 30.7. The number of aliphatic imine (C=N–C) groups is 1. The average molecular weight is 587 g/mol. The lowest BCUT2D eigenvalue weighted by molar-refractivity contribution is -0.129. The zero-order valence-electron chi connectivity index (χ0n) is 24.0. The highest BCUT2D eigenvalue weighted by atomic mass is 16.5. The van der Waals surface area contributed by atoms with Crippen LogP contribution in [-0.2, 0) is 16.1 Å². The highest BCUT2D eigenvalue weighted by molar-refractivity contribution is 6.01. The number of carbonyl (C=O) groups is 1. The van der Waals surface area contributed by atoms with Crippen molar-refractivity contribution in [2.45, 2.75) is 31.0 Å². The fraction of sp³-hybridized carbons (Fsp3) is 0.290. The minimum Gasteiger partial charge on any atom is -0.497 e. The number of aliphatic hydroxyl groups is 1. The lowest BCUT2D eigenvalue weighted by atomic mass is 9.84. The van der Waals surface area contributed by atoms with Gasteiger partial charge in [-0.3, -0.25) is 10.2 Å². The Morgan fingerprint density at radius 1 is 1.14 bits per heavy atom. The first-order valence-corrected chi connectivity index (χ1v) is 13.6. The van der Waals surface area contributed by atoms with E-state index in [9.17, 15) is 10.3 Å². The van der Waals surface area contributed by atoms with Crippen molar-refractivity contribution in [2.24, 2.45) is 10.1 Å². The number of rotatable bonds is 15. The van der Waals surface area contributed by atoms with E-state index in [1.54, 1.807) is 74.9 Å². The van der Waals surface area contributed by atoms with Crippen molar-refractivity contribution in [3.05, 3.63) is 107 Å². The number of nitrogens with zero attached hydrogens (tertiary/aromatic N) is 4. The molecule has 3 aromatic carbocycles. The molecule has 0 radical (unpaired) electrons. The van der Waals surface area contributed by atoms with Crippen molar-refractivity contribution >= 4 is 17.5 Å². The number of nitrogens with one attached hydrogen (secondary N) is 2. The molecule has 0 saturated heterocycles. The average Bonchev–Trinajstić information content (AvgIpc) is 3.42. The summed E-state index contributed by atoms with van der Waals surface area (Å²) in [6.07, 6.45) is 1.29. The van der Waals surface area contributed by atoms with Crippen LogP contribution in [0.15, 0.2) is 89.5 Å². The second-order valence-corrected chi connectivity index (χ2v) is 9.56. The monoisotopic (exact) mass is 586 g/mol. The standard InChI is InChI=1S/C31H34N6O6/c1-4-14-31(30(39)36-33-20-21-17-24(40-2)19-25(18-21)41-3)28(26-8-5-6-9-27(26)35-37-32)43-29(34-31)22-10-12-23(13-11-22)42-16-7-15-38/h4-6,8-13,17-19,28,33,38H,1,7,14-16,20H2,2-3H3,(H,36,39)/t28-,31-/m0/s1. The molecule has 2 atom stereocenters. The molecule has 0 unspecified atom stereocenters. The van der Waals surface area contributed by atoms with Gasteiger partial charge in [-0.05, 0) is 47.5 Å². The van der Waals surface area contributed by atoms with E-state index in [4.69, 9.17) is 29.0 Å². The third kappa shape index (κ3) is 7.25. The number of hydrazine groups is 1. The fourth-order valence-electron chi connectivity index (χ4n) is 4.66. The topological polar surface area (TPSA) is 159 Å². The molecule has 0 aromatic heterocycles. The van der Waals surface area contributed by atoms with Gasteiger partial charge in [0.05, 0.1) is 20.8 Å². The Kier molecular flexibility index (Phi) is 10.6. The van der Waals surface area contributed by atoms with E-state index in [2.05, 4.69) is 27.5 Å². The molecule has 0 saturated carbocycles. The summed E-state index contributed by atoms with van der Waals surface area (Å²) in [6, 6.07) is 19.4. The normalized spacial score (nSPS) is 17.2. The lowest BCUT2D eigenvalue weighted by Gasteiger charge is -2.30. The predicted octanol–water partition coefficient (Wildman–Crippen LogP) is 5.06. The zero-order valence-corrected chi connectivity index (χ0v) is 24.0. The second kappa shape index (κ2) is 14.7. The van der Waals surface area contributed by atoms with Crippen molar-refractivity contribution in [2.75, 3.05) is 27.4 Å². The summed E-state index contributed by atoms with van der Waals surface area (Å²) >= 11 is 0. The summed E-state index contributed by atoms with van der Waals surface area (Å²) in [5, 5.41) is 12.8. The van der Waals surface area contributed by atoms with Gasteiger partial charge in [0.25, 0.3) is 5.91 Å². The van der Waals surface area contributed by atoms with Crippen molar-refractivity contribution in [3.63, 3.8) is 0 Å². The molecule has 3 aromatic rings. The largest absolute Gasteiger partial charge is 0.497 e. The van der Waals surface area contributed by atoms with Crippen LogP contribution < -0.4 is 25.1 Å². The molecule has 0 bridgehead atoms. The molecule has 0 aliphatic carbocycles. The van der Waals surface area contributed by atoms with E-state index >= 15 is 0 Å². The van der Waals surface area contributed by atoms with Gasteiger partial charge in [-0.1, -0.05) is 35.5 Å². The van der Waals surface area contributed by atoms with Gasteiger partial charge in [0.15, 0.2) is 11.6 Å². The number of hydrogen-bond donors (Lipinski definition) is 3. The molecule has 1 aliphatic rings. The summed E-state index contributed by atoms with van der Waals surface area (Å²) in [4.78, 5) is 21.8. The van der Waals surface area contributed by atoms with Crippen molar-refractivity contribution in [1.29, 1.82) is 0 Å². The number of carbonyl (C=O) groups excluding carboxylic acids is 1. The molecule has 43 heavy (non-hydrogen) atoms. The summed E-state index contributed by atoms with van der Waals surface area (Å²) in [7, 11) is 3.13. The number of azide groups is 1. The number of benzene rings is 3. The first kappa shape index (κ1) is 30.9. The van der Waals surface area contributed by atoms with Crippen LogP contribution in [0.5, 0.6) is 17.2 Å².